The minimum absolute atomic E-state index is 0.0524. The summed E-state index contributed by atoms with van der Waals surface area (Å²) < 4.78 is 5.41. The summed E-state index contributed by atoms with van der Waals surface area (Å²) in [4.78, 5) is 14.8. The van der Waals surface area contributed by atoms with Crippen LogP contribution in [0.25, 0.3) is 11.6 Å². The molecule has 0 radical (unpaired) electrons. The van der Waals surface area contributed by atoms with Crippen LogP contribution in [0.1, 0.15) is 21.5 Å². The van der Waals surface area contributed by atoms with Gasteiger partial charge in [-0.25, -0.2) is 0 Å². The van der Waals surface area contributed by atoms with Crippen LogP contribution in [0.2, 0.25) is 5.02 Å². The van der Waals surface area contributed by atoms with Crippen molar-refractivity contribution in [3.63, 3.8) is 0 Å². The number of amides is 1. The van der Waals surface area contributed by atoms with Crippen molar-refractivity contribution in [2.24, 2.45) is 0 Å². The van der Waals surface area contributed by atoms with Gasteiger partial charge in [0, 0.05) is 35.9 Å². The number of morpholine rings is 1. The van der Waals surface area contributed by atoms with Crippen molar-refractivity contribution in [2.75, 3.05) is 37.7 Å². The minimum atomic E-state index is -0.0524. The predicted octanol–water partition coefficient (Wildman–Crippen LogP) is 3.46. The molecule has 2 heterocycles. The fourth-order valence-electron chi connectivity index (χ4n) is 3.29. The normalized spacial score (nSPS) is 17.4. The lowest BCUT2D eigenvalue weighted by atomic mass is 10.0. The lowest BCUT2D eigenvalue weighted by Crippen LogP contribution is -2.36. The molecular formula is C20H19ClN2O2. The third kappa shape index (κ3) is 3.28. The first-order valence-corrected chi connectivity index (χ1v) is 8.80. The second-order valence-corrected chi connectivity index (χ2v) is 6.61. The Morgan fingerprint density at radius 3 is 2.64 bits per heavy atom. The Bertz CT molecular complexity index is 841. The van der Waals surface area contributed by atoms with Crippen LogP contribution in [-0.2, 0) is 4.74 Å². The lowest BCUT2D eigenvalue weighted by molar-refractivity contribution is 0.0959. The highest BCUT2D eigenvalue weighted by Gasteiger charge is 2.20. The van der Waals surface area contributed by atoms with Gasteiger partial charge in [-0.1, -0.05) is 35.9 Å². The minimum Gasteiger partial charge on any atom is -0.378 e. The average molecular weight is 355 g/mol. The molecular weight excluding hydrogens is 336 g/mol. The number of benzene rings is 2. The first-order valence-electron chi connectivity index (χ1n) is 8.43. The van der Waals surface area contributed by atoms with Gasteiger partial charge in [-0.3, -0.25) is 4.79 Å². The fourth-order valence-corrected chi connectivity index (χ4v) is 3.55. The van der Waals surface area contributed by atoms with Crippen molar-refractivity contribution in [3.8, 4) is 0 Å². The number of hydrogen-bond acceptors (Lipinski definition) is 3. The Kier molecular flexibility index (Phi) is 4.47. The van der Waals surface area contributed by atoms with Crippen LogP contribution in [0.3, 0.4) is 0 Å². The van der Waals surface area contributed by atoms with Gasteiger partial charge in [-0.05, 0) is 41.0 Å². The van der Waals surface area contributed by atoms with E-state index in [2.05, 4.69) is 22.4 Å². The van der Waals surface area contributed by atoms with E-state index in [0.29, 0.717) is 17.1 Å². The Hall–Kier alpha value is -2.30. The average Bonchev–Trinajstić information content (AvgIpc) is 2.82. The molecule has 0 bridgehead atoms. The summed E-state index contributed by atoms with van der Waals surface area (Å²) in [6.45, 7) is 3.60. The van der Waals surface area contributed by atoms with E-state index in [0.717, 1.165) is 48.7 Å². The van der Waals surface area contributed by atoms with Crippen molar-refractivity contribution in [1.29, 1.82) is 0 Å². The first kappa shape index (κ1) is 16.2. The van der Waals surface area contributed by atoms with E-state index in [1.807, 2.05) is 36.4 Å². The molecule has 1 fully saturated rings. The molecule has 1 saturated heterocycles. The SMILES string of the molecule is O=C1NCC(c2ccccc2Cl)=Cc2ccc(N3CCOCC3)cc21. The van der Waals surface area contributed by atoms with E-state index in [9.17, 15) is 4.79 Å². The predicted molar refractivity (Wildman–Crippen MR) is 101 cm³/mol. The number of nitrogens with one attached hydrogen (secondary N) is 1. The van der Waals surface area contributed by atoms with Gasteiger partial charge in [0.25, 0.3) is 5.91 Å². The highest BCUT2D eigenvalue weighted by molar-refractivity contribution is 6.32. The number of fused-ring (bicyclic) bond motifs is 1. The summed E-state index contributed by atoms with van der Waals surface area (Å²) in [5, 5.41) is 3.69. The Labute approximate surface area is 152 Å². The molecule has 1 N–H and O–H groups in total. The van der Waals surface area contributed by atoms with Gasteiger partial charge < -0.3 is 15.0 Å². The molecule has 0 atom stereocenters. The van der Waals surface area contributed by atoms with E-state index in [-0.39, 0.29) is 5.91 Å². The quantitative estimate of drug-likeness (QED) is 0.898. The standard InChI is InChI=1S/C20H19ClN2O2/c21-19-4-2-1-3-17(19)15-11-14-5-6-16(23-7-9-25-10-8-23)12-18(14)20(24)22-13-15/h1-6,11-12H,7-10,13H2,(H,22,24). The Balaban J connectivity index is 1.72. The van der Waals surface area contributed by atoms with E-state index < -0.39 is 0 Å². The van der Waals surface area contributed by atoms with E-state index in [1.54, 1.807) is 0 Å². The zero-order chi connectivity index (χ0) is 17.2. The molecule has 2 aliphatic heterocycles. The summed E-state index contributed by atoms with van der Waals surface area (Å²) in [6, 6.07) is 13.8. The van der Waals surface area contributed by atoms with E-state index in [4.69, 9.17) is 16.3 Å². The lowest BCUT2D eigenvalue weighted by Gasteiger charge is -2.29. The smallest absolute Gasteiger partial charge is 0.252 e. The zero-order valence-corrected chi connectivity index (χ0v) is 14.6. The number of halogens is 1. The summed E-state index contributed by atoms with van der Waals surface area (Å²) in [6.07, 6.45) is 2.05. The molecule has 4 rings (SSSR count). The van der Waals surface area contributed by atoms with Gasteiger partial charge in [0.05, 0.1) is 13.2 Å². The number of anilines is 1. The molecule has 0 unspecified atom stereocenters. The maximum Gasteiger partial charge on any atom is 0.252 e. The first-order chi connectivity index (χ1) is 12.2. The van der Waals surface area contributed by atoms with Crippen LogP contribution in [-0.4, -0.2) is 38.8 Å². The van der Waals surface area contributed by atoms with Crippen LogP contribution in [0.4, 0.5) is 5.69 Å². The maximum absolute atomic E-state index is 12.6. The number of nitrogens with zero attached hydrogens (tertiary/aromatic N) is 1. The molecule has 2 aliphatic rings. The molecule has 5 heteroatoms. The summed E-state index contributed by atoms with van der Waals surface area (Å²) in [7, 11) is 0. The number of ether oxygens (including phenoxy) is 1. The monoisotopic (exact) mass is 354 g/mol. The Morgan fingerprint density at radius 2 is 1.84 bits per heavy atom. The van der Waals surface area contributed by atoms with Crippen LogP contribution in [0.5, 0.6) is 0 Å². The molecule has 128 valence electrons. The highest BCUT2D eigenvalue weighted by Crippen LogP contribution is 2.29. The van der Waals surface area contributed by atoms with Crippen LogP contribution < -0.4 is 10.2 Å². The van der Waals surface area contributed by atoms with Crippen molar-refractivity contribution >= 4 is 34.8 Å². The number of carbonyl (C=O) groups is 1. The van der Waals surface area contributed by atoms with Crippen molar-refractivity contribution in [2.45, 2.75) is 0 Å². The second-order valence-electron chi connectivity index (χ2n) is 6.20. The van der Waals surface area contributed by atoms with Gasteiger partial charge in [0.1, 0.15) is 0 Å². The summed E-state index contributed by atoms with van der Waals surface area (Å²) in [5.74, 6) is -0.0524. The topological polar surface area (TPSA) is 41.6 Å². The molecule has 0 saturated carbocycles. The fraction of sp³-hybridized carbons (Fsp3) is 0.250. The number of hydrogen-bond donors (Lipinski definition) is 1. The van der Waals surface area contributed by atoms with Crippen LogP contribution in [0, 0.1) is 0 Å². The van der Waals surface area contributed by atoms with Crippen LogP contribution in [0.15, 0.2) is 42.5 Å². The van der Waals surface area contributed by atoms with Gasteiger partial charge in [-0.2, -0.15) is 0 Å². The molecule has 2 aromatic rings. The van der Waals surface area contributed by atoms with Gasteiger partial charge in [-0.15, -0.1) is 0 Å². The largest absolute Gasteiger partial charge is 0.378 e. The molecule has 2 aromatic carbocycles. The number of carbonyl (C=O) groups excluding carboxylic acids is 1. The summed E-state index contributed by atoms with van der Waals surface area (Å²) >= 11 is 6.33. The molecule has 4 nitrogen and oxygen atoms in total. The molecule has 0 spiro atoms. The van der Waals surface area contributed by atoms with Gasteiger partial charge >= 0.3 is 0 Å². The third-order valence-electron chi connectivity index (χ3n) is 4.65. The van der Waals surface area contributed by atoms with E-state index >= 15 is 0 Å². The van der Waals surface area contributed by atoms with Gasteiger partial charge in [0.15, 0.2) is 0 Å². The number of rotatable bonds is 2. The van der Waals surface area contributed by atoms with Gasteiger partial charge in [0.2, 0.25) is 0 Å². The zero-order valence-electron chi connectivity index (χ0n) is 13.8. The maximum atomic E-state index is 12.6. The highest BCUT2D eigenvalue weighted by atomic mass is 35.5. The molecule has 0 aromatic heterocycles. The molecule has 0 aliphatic carbocycles. The second kappa shape index (κ2) is 6.90. The van der Waals surface area contributed by atoms with Crippen molar-refractivity contribution in [1.82, 2.24) is 5.32 Å². The molecule has 1 amide bonds. The Morgan fingerprint density at radius 1 is 1.04 bits per heavy atom. The third-order valence-corrected chi connectivity index (χ3v) is 4.98. The van der Waals surface area contributed by atoms with E-state index in [1.165, 1.54) is 0 Å². The molecule has 25 heavy (non-hydrogen) atoms. The van der Waals surface area contributed by atoms with Crippen molar-refractivity contribution in [3.05, 3.63) is 64.2 Å². The van der Waals surface area contributed by atoms with Crippen molar-refractivity contribution < 1.29 is 9.53 Å². The summed E-state index contributed by atoms with van der Waals surface area (Å²) in [5.41, 5.74) is 4.64. The van der Waals surface area contributed by atoms with Crippen LogP contribution >= 0.6 is 11.6 Å².